The van der Waals surface area contributed by atoms with Gasteiger partial charge in [-0.05, 0) is 37.5 Å². The maximum absolute atomic E-state index is 11.7. The van der Waals surface area contributed by atoms with Gasteiger partial charge in [-0.15, -0.1) is 23.2 Å². The molecule has 1 N–H and O–H groups in total. The Morgan fingerprint density at radius 1 is 1.14 bits per heavy atom. The molecule has 2 saturated carbocycles. The van der Waals surface area contributed by atoms with E-state index in [-0.39, 0.29) is 22.8 Å². The lowest BCUT2D eigenvalue weighted by molar-refractivity contribution is -0.133. The summed E-state index contributed by atoms with van der Waals surface area (Å²) in [6.45, 7) is 0. The standard InChI is InChI=1S/C16H24Cl2O3/c1-21-15-13(17)8-11(9-14(15)18)12(16(19)20)7-10-5-3-2-4-6-10/h7,10-11,13-15H,2-6,8-9H2,1H3,(H,19,20). The Kier molecular flexibility index (Phi) is 6.39. The van der Waals surface area contributed by atoms with Crippen molar-refractivity contribution in [1.82, 2.24) is 0 Å². The van der Waals surface area contributed by atoms with Gasteiger partial charge in [0.1, 0.15) is 0 Å². The molecule has 0 saturated heterocycles. The van der Waals surface area contributed by atoms with E-state index in [1.54, 1.807) is 7.11 Å². The summed E-state index contributed by atoms with van der Waals surface area (Å²) < 4.78 is 5.32. The number of rotatable bonds is 4. The van der Waals surface area contributed by atoms with E-state index in [0.717, 1.165) is 12.8 Å². The number of methoxy groups -OCH3 is 1. The molecule has 120 valence electrons. The smallest absolute Gasteiger partial charge is 0.331 e. The topological polar surface area (TPSA) is 46.5 Å². The van der Waals surface area contributed by atoms with E-state index in [0.29, 0.717) is 24.3 Å². The third-order valence-electron chi connectivity index (χ3n) is 4.76. The van der Waals surface area contributed by atoms with Crippen molar-refractivity contribution in [3.63, 3.8) is 0 Å². The summed E-state index contributed by atoms with van der Waals surface area (Å²) in [7, 11) is 1.60. The van der Waals surface area contributed by atoms with Crippen LogP contribution in [0.3, 0.4) is 0 Å². The lowest BCUT2D eigenvalue weighted by Gasteiger charge is -2.36. The maximum Gasteiger partial charge on any atom is 0.331 e. The van der Waals surface area contributed by atoms with Gasteiger partial charge in [0.15, 0.2) is 0 Å². The van der Waals surface area contributed by atoms with Crippen LogP contribution in [-0.2, 0) is 9.53 Å². The van der Waals surface area contributed by atoms with E-state index in [9.17, 15) is 9.90 Å². The van der Waals surface area contributed by atoms with Gasteiger partial charge in [0.2, 0.25) is 0 Å². The predicted molar refractivity (Wildman–Crippen MR) is 85.1 cm³/mol. The fourth-order valence-electron chi connectivity index (χ4n) is 3.62. The number of carboxylic acids is 1. The van der Waals surface area contributed by atoms with Crippen LogP contribution in [0.15, 0.2) is 11.6 Å². The first-order valence-electron chi connectivity index (χ1n) is 7.78. The van der Waals surface area contributed by atoms with Crippen LogP contribution in [0.2, 0.25) is 0 Å². The predicted octanol–water partition coefficient (Wildman–Crippen LogP) is 4.22. The fourth-order valence-corrected chi connectivity index (χ4v) is 4.68. The second-order valence-electron chi connectivity index (χ2n) is 6.23. The van der Waals surface area contributed by atoms with Crippen LogP contribution in [0.5, 0.6) is 0 Å². The number of aliphatic carboxylic acids is 1. The summed E-state index contributed by atoms with van der Waals surface area (Å²) in [6.07, 6.45) is 8.86. The normalized spacial score (nSPS) is 35.7. The number of alkyl halides is 2. The van der Waals surface area contributed by atoms with Crippen LogP contribution in [0.4, 0.5) is 0 Å². The molecule has 0 amide bonds. The summed E-state index contributed by atoms with van der Waals surface area (Å²) >= 11 is 12.7. The van der Waals surface area contributed by atoms with Crippen molar-refractivity contribution in [3.05, 3.63) is 11.6 Å². The van der Waals surface area contributed by atoms with Crippen molar-refractivity contribution in [2.45, 2.75) is 61.8 Å². The molecule has 0 aliphatic heterocycles. The van der Waals surface area contributed by atoms with Crippen molar-refractivity contribution >= 4 is 29.2 Å². The number of carboxylic acid groups (broad SMARTS) is 1. The van der Waals surface area contributed by atoms with E-state index in [4.69, 9.17) is 27.9 Å². The minimum Gasteiger partial charge on any atom is -0.478 e. The highest BCUT2D eigenvalue weighted by atomic mass is 35.5. The minimum atomic E-state index is -0.825. The Hall–Kier alpha value is -0.250. The van der Waals surface area contributed by atoms with E-state index < -0.39 is 5.97 Å². The van der Waals surface area contributed by atoms with E-state index in [2.05, 4.69) is 0 Å². The molecule has 0 heterocycles. The Labute approximate surface area is 136 Å². The molecule has 0 bridgehead atoms. The fraction of sp³-hybridized carbons (Fsp3) is 0.812. The molecule has 0 radical (unpaired) electrons. The summed E-state index contributed by atoms with van der Waals surface area (Å²) in [5.74, 6) is -0.498. The monoisotopic (exact) mass is 334 g/mol. The Bertz CT molecular complexity index is 379. The second kappa shape index (κ2) is 7.85. The molecule has 2 aliphatic rings. The van der Waals surface area contributed by atoms with Crippen LogP contribution in [0, 0.1) is 11.8 Å². The lowest BCUT2D eigenvalue weighted by atomic mass is 9.79. The van der Waals surface area contributed by atoms with Crippen molar-refractivity contribution in [2.24, 2.45) is 11.8 Å². The summed E-state index contributed by atoms with van der Waals surface area (Å²) in [6, 6.07) is 0. The highest BCUT2D eigenvalue weighted by molar-refractivity contribution is 6.24. The van der Waals surface area contributed by atoms with Crippen molar-refractivity contribution in [1.29, 1.82) is 0 Å². The van der Waals surface area contributed by atoms with Crippen LogP contribution in [0.25, 0.3) is 0 Å². The third kappa shape index (κ3) is 4.37. The quantitative estimate of drug-likeness (QED) is 0.618. The van der Waals surface area contributed by atoms with Gasteiger partial charge in [-0.1, -0.05) is 25.3 Å². The Morgan fingerprint density at radius 2 is 1.71 bits per heavy atom. The minimum absolute atomic E-state index is 0.0687. The summed E-state index contributed by atoms with van der Waals surface area (Å²) in [4.78, 5) is 11.7. The molecular formula is C16H24Cl2O3. The van der Waals surface area contributed by atoms with Gasteiger partial charge in [-0.25, -0.2) is 4.79 Å². The SMILES string of the molecule is COC1C(Cl)CC(C(=CC2CCCCC2)C(=O)O)CC1Cl. The van der Waals surface area contributed by atoms with Gasteiger partial charge >= 0.3 is 5.97 Å². The van der Waals surface area contributed by atoms with Gasteiger partial charge in [-0.2, -0.15) is 0 Å². The molecule has 2 fully saturated rings. The van der Waals surface area contributed by atoms with Gasteiger partial charge in [-0.3, -0.25) is 0 Å². The largest absolute Gasteiger partial charge is 0.478 e. The van der Waals surface area contributed by atoms with Gasteiger partial charge in [0.05, 0.1) is 16.9 Å². The third-order valence-corrected chi connectivity index (χ3v) is 5.61. The molecular weight excluding hydrogens is 311 g/mol. The van der Waals surface area contributed by atoms with Gasteiger partial charge in [0, 0.05) is 12.7 Å². The number of hydrogen-bond donors (Lipinski definition) is 1. The first-order valence-corrected chi connectivity index (χ1v) is 8.66. The molecule has 2 unspecified atom stereocenters. The van der Waals surface area contributed by atoms with Crippen molar-refractivity contribution < 1.29 is 14.6 Å². The highest BCUT2D eigenvalue weighted by Gasteiger charge is 2.39. The molecule has 2 aliphatic carbocycles. The zero-order valence-electron chi connectivity index (χ0n) is 12.4. The molecule has 0 aromatic carbocycles. The van der Waals surface area contributed by atoms with Crippen LogP contribution in [-0.4, -0.2) is 35.0 Å². The number of hydrogen-bond acceptors (Lipinski definition) is 2. The van der Waals surface area contributed by atoms with Gasteiger partial charge in [0.25, 0.3) is 0 Å². The number of allylic oxidation sites excluding steroid dienone is 1. The second-order valence-corrected chi connectivity index (χ2v) is 7.35. The maximum atomic E-state index is 11.7. The molecule has 3 nitrogen and oxygen atoms in total. The molecule has 21 heavy (non-hydrogen) atoms. The molecule has 0 spiro atoms. The molecule has 5 heteroatoms. The average Bonchev–Trinajstić information content (AvgIpc) is 2.45. The lowest BCUT2D eigenvalue weighted by Crippen LogP contribution is -2.41. The van der Waals surface area contributed by atoms with Crippen LogP contribution < -0.4 is 0 Å². The number of halogens is 2. The van der Waals surface area contributed by atoms with E-state index in [1.807, 2.05) is 6.08 Å². The highest BCUT2D eigenvalue weighted by Crippen LogP contribution is 2.38. The average molecular weight is 335 g/mol. The number of carbonyl (C=O) groups is 1. The zero-order valence-corrected chi connectivity index (χ0v) is 13.9. The molecule has 2 atom stereocenters. The van der Waals surface area contributed by atoms with Crippen LogP contribution in [0.1, 0.15) is 44.9 Å². The first kappa shape index (κ1) is 17.1. The van der Waals surface area contributed by atoms with E-state index in [1.165, 1.54) is 19.3 Å². The Morgan fingerprint density at radius 3 is 2.19 bits per heavy atom. The first-order chi connectivity index (χ1) is 10.0. The zero-order chi connectivity index (χ0) is 15.4. The Balaban J connectivity index is 2.11. The van der Waals surface area contributed by atoms with E-state index >= 15 is 0 Å². The summed E-state index contributed by atoms with van der Waals surface area (Å²) in [5, 5.41) is 9.10. The summed E-state index contributed by atoms with van der Waals surface area (Å²) in [5.41, 5.74) is 0.507. The van der Waals surface area contributed by atoms with Crippen molar-refractivity contribution in [3.8, 4) is 0 Å². The molecule has 2 rings (SSSR count). The van der Waals surface area contributed by atoms with Crippen molar-refractivity contribution in [2.75, 3.05) is 7.11 Å². The molecule has 0 aromatic heterocycles. The van der Waals surface area contributed by atoms with Crippen LogP contribution >= 0.6 is 23.2 Å². The molecule has 0 aromatic rings. The van der Waals surface area contributed by atoms with Gasteiger partial charge < -0.3 is 9.84 Å². The number of ether oxygens (including phenoxy) is 1.